The van der Waals surface area contributed by atoms with Gasteiger partial charge >= 0.3 is 5.97 Å². The van der Waals surface area contributed by atoms with Crippen LogP contribution in [-0.2, 0) is 21.4 Å². The fraction of sp³-hybridized carbons (Fsp3) is 0.419. The molecule has 0 unspecified atom stereocenters. The van der Waals surface area contributed by atoms with Crippen LogP contribution in [0.1, 0.15) is 53.4 Å². The normalized spacial score (nSPS) is 19.3. The number of likely N-dealkylation sites (N-methyl/N-ethyl adjacent to an activating group) is 1. The van der Waals surface area contributed by atoms with Crippen molar-refractivity contribution in [2.24, 2.45) is 0 Å². The molecule has 11 nitrogen and oxygen atoms in total. The number of aliphatic carboxylic acids is 1. The van der Waals surface area contributed by atoms with Crippen LogP contribution in [0.5, 0.6) is 0 Å². The molecule has 1 saturated heterocycles. The van der Waals surface area contributed by atoms with Gasteiger partial charge in [-0.2, -0.15) is 4.31 Å². The number of fused-ring (bicyclic) bond motifs is 4. The Morgan fingerprint density at radius 2 is 1.88 bits per heavy atom. The van der Waals surface area contributed by atoms with Crippen molar-refractivity contribution in [2.45, 2.75) is 58.0 Å². The molecule has 0 spiro atoms. The first kappa shape index (κ1) is 30.6. The van der Waals surface area contributed by atoms with Gasteiger partial charge in [-0.05, 0) is 73.8 Å². The molecule has 0 bridgehead atoms. The summed E-state index contributed by atoms with van der Waals surface area (Å²) >= 11 is 0. The highest BCUT2D eigenvalue weighted by molar-refractivity contribution is 7.89. The van der Waals surface area contributed by atoms with E-state index in [9.17, 15) is 18.3 Å². The lowest BCUT2D eigenvalue weighted by atomic mass is 9.85. The van der Waals surface area contributed by atoms with E-state index in [1.165, 1.54) is 0 Å². The van der Waals surface area contributed by atoms with Crippen LogP contribution in [-0.4, -0.2) is 87.5 Å². The second-order valence-electron chi connectivity index (χ2n) is 11.4. The molecule has 2 atom stereocenters. The van der Waals surface area contributed by atoms with Crippen LogP contribution in [0.15, 0.2) is 53.7 Å². The Morgan fingerprint density at radius 3 is 2.65 bits per heavy atom. The van der Waals surface area contributed by atoms with Crippen molar-refractivity contribution in [3.05, 3.63) is 82.4 Å². The van der Waals surface area contributed by atoms with E-state index in [1.54, 1.807) is 22.6 Å². The molecule has 0 aliphatic carbocycles. The molecule has 1 N–H and O–H groups in total. The number of hydrogen-bond acceptors (Lipinski definition) is 8. The number of carboxylic acids is 1. The van der Waals surface area contributed by atoms with Gasteiger partial charge in [0.25, 0.3) is 0 Å². The molecule has 2 aliphatic heterocycles. The molecule has 0 saturated carbocycles. The summed E-state index contributed by atoms with van der Waals surface area (Å²) in [5.41, 5.74) is 5.01. The largest absolute Gasteiger partial charge is 0.481 e. The van der Waals surface area contributed by atoms with Gasteiger partial charge in [-0.1, -0.05) is 25.6 Å². The number of pyridine rings is 2. The maximum atomic E-state index is 14.1. The Morgan fingerprint density at radius 1 is 1.09 bits per heavy atom. The maximum absolute atomic E-state index is 14.1. The van der Waals surface area contributed by atoms with E-state index in [-0.39, 0.29) is 31.3 Å². The topological polar surface area (TPSA) is 124 Å². The molecule has 2 aliphatic rings. The highest BCUT2D eigenvalue weighted by atomic mass is 32.2. The molecule has 4 aromatic rings. The Balaban J connectivity index is 0.00000368. The number of hydrogen-bond donors (Lipinski definition) is 1. The zero-order valence-electron chi connectivity index (χ0n) is 24.2. The molecular weight excluding hydrogens is 566 g/mol. The van der Waals surface area contributed by atoms with Crippen molar-refractivity contribution >= 4 is 27.5 Å². The zero-order valence-corrected chi connectivity index (χ0v) is 25.0. The minimum Gasteiger partial charge on any atom is -0.481 e. The lowest BCUT2D eigenvalue weighted by Gasteiger charge is -2.40. The number of aromatic nitrogens is 4. The van der Waals surface area contributed by atoms with Gasteiger partial charge in [0, 0.05) is 51.0 Å². The quantitative estimate of drug-likeness (QED) is 0.351. The fourth-order valence-electron chi connectivity index (χ4n) is 6.31. The number of aryl methyl sites for hydroxylation is 3. The highest BCUT2D eigenvalue weighted by Crippen LogP contribution is 2.36. The van der Waals surface area contributed by atoms with Crippen molar-refractivity contribution in [1.82, 2.24) is 28.8 Å². The van der Waals surface area contributed by atoms with E-state index in [1.807, 2.05) is 55.6 Å². The monoisotopic (exact) mass is 605 g/mol. The van der Waals surface area contributed by atoms with Crippen LogP contribution < -0.4 is 4.90 Å². The van der Waals surface area contributed by atoms with Gasteiger partial charge < -0.3 is 14.9 Å². The Hall–Kier alpha value is -3.87. The van der Waals surface area contributed by atoms with Crippen molar-refractivity contribution in [3.8, 4) is 0 Å². The van der Waals surface area contributed by atoms with Gasteiger partial charge in [-0.25, -0.2) is 13.4 Å². The molecule has 43 heavy (non-hydrogen) atoms. The number of carboxylic acid groups (broad SMARTS) is 1. The van der Waals surface area contributed by atoms with Crippen LogP contribution in [0.3, 0.4) is 0 Å². The van der Waals surface area contributed by atoms with Gasteiger partial charge in [-0.15, -0.1) is 10.2 Å². The van der Waals surface area contributed by atoms with E-state index in [0.29, 0.717) is 24.6 Å². The molecule has 0 radical (unpaired) electrons. The zero-order chi connectivity index (χ0) is 29.8. The first-order valence-corrected chi connectivity index (χ1v) is 15.5. The average molecular weight is 606 g/mol. The summed E-state index contributed by atoms with van der Waals surface area (Å²) in [6.07, 6.45) is 3.41. The lowest BCUT2D eigenvalue weighted by molar-refractivity contribution is -0.137. The van der Waals surface area contributed by atoms with Crippen molar-refractivity contribution < 1.29 is 18.3 Å². The van der Waals surface area contributed by atoms with E-state index in [2.05, 4.69) is 32.0 Å². The van der Waals surface area contributed by atoms with E-state index < -0.39 is 21.9 Å². The van der Waals surface area contributed by atoms with Crippen LogP contribution in [0.4, 0.5) is 5.82 Å². The molecule has 6 rings (SSSR count). The third-order valence-electron chi connectivity index (χ3n) is 8.66. The summed E-state index contributed by atoms with van der Waals surface area (Å²) in [4.78, 5) is 21.2. The molecular formula is C31H39N7O4S. The summed E-state index contributed by atoms with van der Waals surface area (Å²) in [6, 6.07) is 11.1. The van der Waals surface area contributed by atoms with Crippen molar-refractivity contribution in [3.63, 3.8) is 0 Å². The second-order valence-corrected chi connectivity index (χ2v) is 13.3. The predicted molar refractivity (Wildman–Crippen MR) is 165 cm³/mol. The number of sulfonamides is 1. The molecule has 1 fully saturated rings. The predicted octanol–water partition coefficient (Wildman–Crippen LogP) is 3.62. The Kier molecular flexibility index (Phi) is 8.30. The van der Waals surface area contributed by atoms with Crippen LogP contribution in [0.25, 0.3) is 5.65 Å². The maximum Gasteiger partial charge on any atom is 0.304 e. The molecule has 3 aromatic heterocycles. The number of carbonyl (C=O) groups is 1. The third kappa shape index (κ3) is 5.50. The van der Waals surface area contributed by atoms with Crippen LogP contribution >= 0.6 is 0 Å². The summed E-state index contributed by atoms with van der Waals surface area (Å²) < 4.78 is 31.6. The summed E-state index contributed by atoms with van der Waals surface area (Å²) in [5.74, 6) is -0.0957. The van der Waals surface area contributed by atoms with E-state index >= 15 is 0 Å². The van der Waals surface area contributed by atoms with Gasteiger partial charge in [-0.3, -0.25) is 9.20 Å². The van der Waals surface area contributed by atoms with Gasteiger partial charge in [0.15, 0.2) is 5.65 Å². The highest BCUT2D eigenvalue weighted by Gasteiger charge is 2.40. The molecule has 228 valence electrons. The van der Waals surface area contributed by atoms with E-state index in [0.717, 1.165) is 46.7 Å². The van der Waals surface area contributed by atoms with Crippen LogP contribution in [0.2, 0.25) is 0 Å². The minimum absolute atomic E-state index is 0. The number of rotatable bonds is 6. The molecule has 5 heterocycles. The SMILES string of the molecule is C.Cc1ccc([C@@H](CC(=O)O)c2ccn3c(C)nnc3c2C)cc1CN1C[C@@H]2CN(C)CCN2c2ncccc2S1(=O)=O. The lowest BCUT2D eigenvalue weighted by Crippen LogP contribution is -2.55. The Bertz CT molecular complexity index is 1790. The molecule has 0 amide bonds. The summed E-state index contributed by atoms with van der Waals surface area (Å²) in [7, 11) is -1.79. The first-order valence-electron chi connectivity index (χ1n) is 14.1. The number of nitrogens with zero attached hydrogens (tertiary/aromatic N) is 7. The summed E-state index contributed by atoms with van der Waals surface area (Å²) in [5, 5.41) is 18.4. The van der Waals surface area contributed by atoms with E-state index in [4.69, 9.17) is 0 Å². The van der Waals surface area contributed by atoms with Crippen molar-refractivity contribution in [1.29, 1.82) is 0 Å². The minimum atomic E-state index is -3.84. The Labute approximate surface area is 252 Å². The van der Waals surface area contributed by atoms with Gasteiger partial charge in [0.2, 0.25) is 10.0 Å². The van der Waals surface area contributed by atoms with Gasteiger partial charge in [0.1, 0.15) is 16.5 Å². The smallest absolute Gasteiger partial charge is 0.304 e. The van der Waals surface area contributed by atoms with Crippen molar-refractivity contribution in [2.75, 3.05) is 38.1 Å². The van der Waals surface area contributed by atoms with Gasteiger partial charge in [0.05, 0.1) is 12.5 Å². The fourth-order valence-corrected chi connectivity index (χ4v) is 7.91. The first-order chi connectivity index (χ1) is 20.0. The third-order valence-corrected chi connectivity index (χ3v) is 10.5. The standard InChI is InChI=1S/C30H35N7O4S.CH4/c1-19-7-8-22(26(15-28(38)39)25-9-11-36-21(3)32-33-29(36)20(25)2)14-23(19)16-35-18-24-17-34(4)12-13-37(24)30-27(42(35,40)41)6-5-10-31-30;/h5-11,14,24,26H,12-13,15-18H2,1-4H3,(H,38,39);1H4/t24-,26+;/m0./s1. The number of piperazine rings is 1. The van der Waals surface area contributed by atoms with Crippen LogP contribution in [0, 0.1) is 20.8 Å². The number of anilines is 1. The average Bonchev–Trinajstić information content (AvgIpc) is 3.30. The molecule has 12 heteroatoms. The number of benzene rings is 1. The second kappa shape index (κ2) is 11.7. The molecule has 1 aromatic carbocycles. The summed E-state index contributed by atoms with van der Waals surface area (Å²) in [6.45, 7) is 8.53.